The minimum atomic E-state index is 0.430. The molecule has 0 bridgehead atoms. The highest BCUT2D eigenvalue weighted by molar-refractivity contribution is 5.62. The third-order valence-electron chi connectivity index (χ3n) is 4.17. The van der Waals surface area contributed by atoms with Gasteiger partial charge in [0, 0.05) is 5.69 Å². The van der Waals surface area contributed by atoms with Gasteiger partial charge >= 0.3 is 0 Å². The smallest absolute Gasteiger partial charge is 0.0924 e. The van der Waals surface area contributed by atoms with Crippen LogP contribution in [0.3, 0.4) is 0 Å². The minimum Gasteiger partial charge on any atom is -0.378 e. The second-order valence-electron chi connectivity index (χ2n) is 5.48. The zero-order valence-electron chi connectivity index (χ0n) is 11.7. The lowest BCUT2D eigenvalue weighted by Crippen LogP contribution is -2.06. The number of aryl methyl sites for hydroxylation is 1. The van der Waals surface area contributed by atoms with Crippen molar-refractivity contribution < 1.29 is 0 Å². The van der Waals surface area contributed by atoms with Crippen LogP contribution < -0.4 is 5.32 Å². The number of nitrogens with one attached hydrogen (secondary N) is 2. The quantitative estimate of drug-likeness (QED) is 0.753. The normalized spacial score (nSPS) is 16.7. The van der Waals surface area contributed by atoms with Crippen LogP contribution >= 0.6 is 0 Å². The van der Waals surface area contributed by atoms with E-state index in [0.29, 0.717) is 6.04 Å². The van der Waals surface area contributed by atoms with Gasteiger partial charge in [0.05, 0.1) is 24.3 Å². The fourth-order valence-corrected chi connectivity index (χ4v) is 3.07. The van der Waals surface area contributed by atoms with Crippen LogP contribution in [-0.2, 0) is 6.42 Å². The lowest BCUT2D eigenvalue weighted by Gasteiger charge is -2.15. The Morgan fingerprint density at radius 3 is 2.71 bits per heavy atom. The molecule has 1 aliphatic rings. The number of fused-ring (bicyclic) bond motifs is 1. The number of nitrogens with zero attached hydrogens (tertiary/aromatic N) is 1. The van der Waals surface area contributed by atoms with Gasteiger partial charge in [0.1, 0.15) is 0 Å². The number of aromatic nitrogens is 2. The van der Waals surface area contributed by atoms with Crippen molar-refractivity contribution in [2.24, 2.45) is 0 Å². The average Bonchev–Trinajstić information content (AvgIpc) is 3.19. The van der Waals surface area contributed by atoms with Crippen molar-refractivity contribution in [3.8, 4) is 11.3 Å². The first kappa shape index (κ1) is 12.2. The summed E-state index contributed by atoms with van der Waals surface area (Å²) in [7, 11) is 0. The van der Waals surface area contributed by atoms with Crippen molar-refractivity contribution in [3.63, 3.8) is 0 Å². The van der Waals surface area contributed by atoms with E-state index < -0.39 is 0 Å². The summed E-state index contributed by atoms with van der Waals surface area (Å²) in [5, 5.41) is 3.64. The number of benzene rings is 2. The fraction of sp³-hybridized carbons (Fsp3) is 0.167. The van der Waals surface area contributed by atoms with E-state index in [1.165, 1.54) is 29.7 Å². The summed E-state index contributed by atoms with van der Waals surface area (Å²) in [6.07, 6.45) is 5.88. The van der Waals surface area contributed by atoms with Gasteiger partial charge in [-0.3, -0.25) is 0 Å². The Morgan fingerprint density at radius 1 is 1.05 bits per heavy atom. The monoisotopic (exact) mass is 275 g/mol. The maximum absolute atomic E-state index is 4.06. The van der Waals surface area contributed by atoms with Gasteiger partial charge in [0.15, 0.2) is 0 Å². The van der Waals surface area contributed by atoms with Crippen molar-refractivity contribution in [1.82, 2.24) is 9.97 Å². The van der Waals surface area contributed by atoms with Crippen LogP contribution in [0.4, 0.5) is 5.69 Å². The third-order valence-corrected chi connectivity index (χ3v) is 4.17. The molecular formula is C18H17N3. The highest BCUT2D eigenvalue weighted by Crippen LogP contribution is 2.33. The van der Waals surface area contributed by atoms with Crippen LogP contribution in [0.1, 0.15) is 23.6 Å². The van der Waals surface area contributed by atoms with Crippen LogP contribution in [0.15, 0.2) is 61.1 Å². The van der Waals surface area contributed by atoms with Crippen LogP contribution in [0, 0.1) is 0 Å². The van der Waals surface area contributed by atoms with E-state index in [1.807, 2.05) is 6.20 Å². The number of aromatic amines is 1. The first-order valence-electron chi connectivity index (χ1n) is 7.33. The molecule has 0 spiro atoms. The average molecular weight is 275 g/mol. The Hall–Kier alpha value is -2.55. The van der Waals surface area contributed by atoms with Crippen LogP contribution in [-0.4, -0.2) is 9.97 Å². The fourth-order valence-electron chi connectivity index (χ4n) is 3.07. The summed E-state index contributed by atoms with van der Waals surface area (Å²) in [5.41, 5.74) is 6.29. The summed E-state index contributed by atoms with van der Waals surface area (Å²) in [6, 6.07) is 17.7. The van der Waals surface area contributed by atoms with E-state index >= 15 is 0 Å². The van der Waals surface area contributed by atoms with E-state index in [2.05, 4.69) is 63.8 Å². The van der Waals surface area contributed by atoms with Crippen molar-refractivity contribution in [1.29, 1.82) is 0 Å². The molecule has 21 heavy (non-hydrogen) atoms. The Morgan fingerprint density at radius 2 is 1.90 bits per heavy atom. The molecule has 2 N–H and O–H groups in total. The molecule has 0 fully saturated rings. The molecule has 1 aromatic heterocycles. The van der Waals surface area contributed by atoms with Crippen molar-refractivity contribution in [3.05, 3.63) is 72.2 Å². The van der Waals surface area contributed by atoms with Gasteiger partial charge in [-0.25, -0.2) is 4.98 Å². The molecule has 1 aliphatic carbocycles. The van der Waals surface area contributed by atoms with E-state index in [4.69, 9.17) is 0 Å². The molecule has 1 unspecified atom stereocenters. The summed E-state index contributed by atoms with van der Waals surface area (Å²) >= 11 is 0. The maximum atomic E-state index is 4.06. The van der Waals surface area contributed by atoms with Gasteiger partial charge in [0.2, 0.25) is 0 Å². The summed E-state index contributed by atoms with van der Waals surface area (Å²) in [6.45, 7) is 0. The number of anilines is 1. The predicted molar refractivity (Wildman–Crippen MR) is 85.2 cm³/mol. The van der Waals surface area contributed by atoms with E-state index in [1.54, 1.807) is 6.33 Å². The Bertz CT molecular complexity index is 729. The molecule has 3 nitrogen and oxygen atoms in total. The third kappa shape index (κ3) is 2.31. The highest BCUT2D eigenvalue weighted by Gasteiger charge is 2.21. The molecule has 1 atom stereocenters. The van der Waals surface area contributed by atoms with E-state index in [0.717, 1.165) is 11.3 Å². The van der Waals surface area contributed by atoms with Crippen LogP contribution in [0.5, 0.6) is 0 Å². The number of imidazole rings is 1. The summed E-state index contributed by atoms with van der Waals surface area (Å²) in [4.78, 5) is 7.19. The van der Waals surface area contributed by atoms with E-state index in [9.17, 15) is 0 Å². The number of hydrogen-bond donors (Lipinski definition) is 2. The molecule has 0 saturated carbocycles. The molecule has 0 amide bonds. The molecule has 3 heteroatoms. The molecule has 3 aromatic rings. The molecule has 104 valence electrons. The Balaban J connectivity index is 1.53. The topological polar surface area (TPSA) is 40.7 Å². The van der Waals surface area contributed by atoms with Crippen LogP contribution in [0.2, 0.25) is 0 Å². The second-order valence-corrected chi connectivity index (χ2v) is 5.48. The molecule has 1 heterocycles. The van der Waals surface area contributed by atoms with Gasteiger partial charge in [0.25, 0.3) is 0 Å². The largest absolute Gasteiger partial charge is 0.378 e. The standard InChI is InChI=1S/C18H17N3/c1-2-4-16-13(3-1)7-10-17(16)21-15-8-5-14(6-9-15)18-11-19-12-20-18/h1-6,8-9,11-12,17,21H,7,10H2,(H,19,20). The summed E-state index contributed by atoms with van der Waals surface area (Å²) < 4.78 is 0. The summed E-state index contributed by atoms with van der Waals surface area (Å²) in [5.74, 6) is 0. The van der Waals surface area contributed by atoms with Crippen molar-refractivity contribution in [2.45, 2.75) is 18.9 Å². The Labute approximate surface area is 124 Å². The lowest BCUT2D eigenvalue weighted by molar-refractivity contribution is 0.762. The van der Waals surface area contributed by atoms with Gasteiger partial charge < -0.3 is 10.3 Å². The minimum absolute atomic E-state index is 0.430. The first-order valence-corrected chi connectivity index (χ1v) is 7.33. The second kappa shape index (κ2) is 5.09. The van der Waals surface area contributed by atoms with Gasteiger partial charge in [-0.15, -0.1) is 0 Å². The number of hydrogen-bond acceptors (Lipinski definition) is 2. The van der Waals surface area contributed by atoms with Gasteiger partial charge in [-0.2, -0.15) is 0 Å². The van der Waals surface area contributed by atoms with Gasteiger partial charge in [-0.05, 0) is 41.7 Å². The predicted octanol–water partition coefficient (Wildman–Crippen LogP) is 4.18. The van der Waals surface area contributed by atoms with Crippen molar-refractivity contribution in [2.75, 3.05) is 5.32 Å². The molecule has 0 radical (unpaired) electrons. The molecule has 4 rings (SSSR count). The molecular weight excluding hydrogens is 258 g/mol. The molecule has 2 aromatic carbocycles. The van der Waals surface area contributed by atoms with Crippen molar-refractivity contribution >= 4 is 5.69 Å². The number of H-pyrrole nitrogens is 1. The van der Waals surface area contributed by atoms with Gasteiger partial charge in [-0.1, -0.05) is 36.4 Å². The van der Waals surface area contributed by atoms with Crippen LogP contribution in [0.25, 0.3) is 11.3 Å². The lowest BCUT2D eigenvalue weighted by atomic mass is 10.1. The zero-order chi connectivity index (χ0) is 14.1. The zero-order valence-corrected chi connectivity index (χ0v) is 11.7. The van der Waals surface area contributed by atoms with E-state index in [-0.39, 0.29) is 0 Å². The molecule has 0 saturated heterocycles. The molecule has 0 aliphatic heterocycles. The Kier molecular flexibility index (Phi) is 2.96. The first-order chi connectivity index (χ1) is 10.4. The maximum Gasteiger partial charge on any atom is 0.0924 e. The highest BCUT2D eigenvalue weighted by atomic mass is 14.9. The number of rotatable bonds is 3. The SMILES string of the molecule is c1ccc2c(c1)CCC2Nc1ccc(-c2cnc[nH]2)cc1.